The Bertz CT molecular complexity index is 354. The molecule has 1 aromatic rings. The molecule has 0 bridgehead atoms. The van der Waals surface area contributed by atoms with Crippen molar-refractivity contribution in [3.05, 3.63) is 34.3 Å². The topological polar surface area (TPSA) is 12.0 Å². The summed E-state index contributed by atoms with van der Waals surface area (Å²) >= 11 is 8.32. The Balaban J connectivity index is 2.58. The second-order valence-corrected chi connectivity index (χ2v) is 6.19. The number of aryl methyl sites for hydroxylation is 1. The highest BCUT2D eigenvalue weighted by Gasteiger charge is 2.10. The van der Waals surface area contributed by atoms with Crippen molar-refractivity contribution in [1.29, 1.82) is 0 Å². The van der Waals surface area contributed by atoms with Gasteiger partial charge < -0.3 is 5.32 Å². The summed E-state index contributed by atoms with van der Waals surface area (Å²) in [7, 11) is 0. The molecular weight excluding hydrogens is 262 g/mol. The SMILES string of the molecule is CCCSCC(Cc1ccc(C)cc1Cl)NCC. The van der Waals surface area contributed by atoms with Crippen molar-refractivity contribution in [2.75, 3.05) is 18.1 Å². The van der Waals surface area contributed by atoms with Crippen molar-refractivity contribution in [3.63, 3.8) is 0 Å². The lowest BCUT2D eigenvalue weighted by Crippen LogP contribution is -2.33. The molecule has 0 spiro atoms. The van der Waals surface area contributed by atoms with Gasteiger partial charge in [0, 0.05) is 16.8 Å². The van der Waals surface area contributed by atoms with Gasteiger partial charge in [-0.1, -0.05) is 37.6 Å². The molecule has 3 heteroatoms. The zero-order valence-electron chi connectivity index (χ0n) is 11.6. The van der Waals surface area contributed by atoms with Gasteiger partial charge in [-0.25, -0.2) is 0 Å². The van der Waals surface area contributed by atoms with E-state index in [0.717, 1.165) is 23.7 Å². The van der Waals surface area contributed by atoms with Crippen LogP contribution >= 0.6 is 23.4 Å². The van der Waals surface area contributed by atoms with E-state index in [1.165, 1.54) is 23.3 Å². The van der Waals surface area contributed by atoms with Gasteiger partial charge in [0.2, 0.25) is 0 Å². The first-order chi connectivity index (χ1) is 8.67. The highest BCUT2D eigenvalue weighted by molar-refractivity contribution is 7.99. The molecule has 0 heterocycles. The summed E-state index contributed by atoms with van der Waals surface area (Å²) in [5, 5.41) is 4.45. The lowest BCUT2D eigenvalue weighted by molar-refractivity contribution is 0.572. The molecule has 1 rings (SSSR count). The average Bonchev–Trinajstić information content (AvgIpc) is 2.33. The van der Waals surface area contributed by atoms with Crippen LogP contribution in [-0.4, -0.2) is 24.1 Å². The molecule has 1 atom stereocenters. The van der Waals surface area contributed by atoms with E-state index >= 15 is 0 Å². The molecule has 102 valence electrons. The summed E-state index contributed by atoms with van der Waals surface area (Å²) in [5.41, 5.74) is 2.48. The zero-order valence-corrected chi connectivity index (χ0v) is 13.2. The minimum absolute atomic E-state index is 0.520. The molecular formula is C15H24ClNS. The fourth-order valence-electron chi connectivity index (χ4n) is 1.93. The number of thioether (sulfide) groups is 1. The summed E-state index contributed by atoms with van der Waals surface area (Å²) in [5.74, 6) is 2.40. The van der Waals surface area contributed by atoms with Crippen LogP contribution in [0.25, 0.3) is 0 Å². The van der Waals surface area contributed by atoms with Crippen LogP contribution in [0.15, 0.2) is 18.2 Å². The van der Waals surface area contributed by atoms with Crippen LogP contribution in [0, 0.1) is 6.92 Å². The molecule has 0 aliphatic heterocycles. The Labute approximate surface area is 121 Å². The van der Waals surface area contributed by atoms with Crippen molar-refractivity contribution in [1.82, 2.24) is 5.32 Å². The zero-order chi connectivity index (χ0) is 13.4. The van der Waals surface area contributed by atoms with Crippen LogP contribution in [0.3, 0.4) is 0 Å². The van der Waals surface area contributed by atoms with Crippen LogP contribution < -0.4 is 5.32 Å². The van der Waals surface area contributed by atoms with Gasteiger partial charge in [0.05, 0.1) is 0 Å². The number of likely N-dealkylation sites (N-methyl/N-ethyl adjacent to an activating group) is 1. The molecule has 1 unspecified atom stereocenters. The van der Waals surface area contributed by atoms with Gasteiger partial charge in [-0.05, 0) is 49.3 Å². The van der Waals surface area contributed by atoms with E-state index in [4.69, 9.17) is 11.6 Å². The fraction of sp³-hybridized carbons (Fsp3) is 0.600. The van der Waals surface area contributed by atoms with Gasteiger partial charge in [0.25, 0.3) is 0 Å². The van der Waals surface area contributed by atoms with E-state index in [1.54, 1.807) is 0 Å². The Morgan fingerprint density at radius 1 is 1.33 bits per heavy atom. The Hall–Kier alpha value is -0.180. The first-order valence-electron chi connectivity index (χ1n) is 6.73. The maximum atomic E-state index is 6.30. The van der Waals surface area contributed by atoms with Gasteiger partial charge in [-0.3, -0.25) is 0 Å². The predicted molar refractivity (Wildman–Crippen MR) is 85.0 cm³/mol. The molecule has 0 saturated carbocycles. The molecule has 0 aliphatic rings. The third-order valence-electron chi connectivity index (χ3n) is 2.84. The van der Waals surface area contributed by atoms with E-state index in [0.29, 0.717) is 6.04 Å². The first kappa shape index (κ1) is 15.9. The lowest BCUT2D eigenvalue weighted by atomic mass is 10.1. The quantitative estimate of drug-likeness (QED) is 0.714. The number of nitrogens with one attached hydrogen (secondary N) is 1. The van der Waals surface area contributed by atoms with Crippen molar-refractivity contribution in [2.24, 2.45) is 0 Å². The summed E-state index contributed by atoms with van der Waals surface area (Å²) in [6.45, 7) is 7.48. The van der Waals surface area contributed by atoms with Crippen LogP contribution in [0.1, 0.15) is 31.4 Å². The molecule has 0 aromatic heterocycles. The van der Waals surface area contributed by atoms with E-state index in [9.17, 15) is 0 Å². The minimum atomic E-state index is 0.520. The maximum absolute atomic E-state index is 6.30. The van der Waals surface area contributed by atoms with E-state index in [1.807, 2.05) is 11.8 Å². The maximum Gasteiger partial charge on any atom is 0.0441 e. The average molecular weight is 286 g/mol. The molecule has 0 fully saturated rings. The van der Waals surface area contributed by atoms with Crippen molar-refractivity contribution in [3.8, 4) is 0 Å². The van der Waals surface area contributed by atoms with Gasteiger partial charge >= 0.3 is 0 Å². The third kappa shape index (κ3) is 5.64. The van der Waals surface area contributed by atoms with Crippen LogP contribution in [0.4, 0.5) is 0 Å². The van der Waals surface area contributed by atoms with E-state index in [2.05, 4.69) is 44.3 Å². The molecule has 1 nitrogen and oxygen atoms in total. The molecule has 18 heavy (non-hydrogen) atoms. The summed E-state index contributed by atoms with van der Waals surface area (Å²) in [6, 6.07) is 6.88. The Morgan fingerprint density at radius 3 is 2.72 bits per heavy atom. The molecule has 1 N–H and O–H groups in total. The standard InChI is InChI=1S/C15H24ClNS/c1-4-8-18-11-14(17-5-2)10-13-7-6-12(3)9-15(13)16/h6-7,9,14,17H,4-5,8,10-11H2,1-3H3. The molecule has 0 amide bonds. The monoisotopic (exact) mass is 285 g/mol. The summed E-state index contributed by atoms with van der Waals surface area (Å²) in [4.78, 5) is 0. The van der Waals surface area contributed by atoms with Crippen LogP contribution in [-0.2, 0) is 6.42 Å². The van der Waals surface area contributed by atoms with E-state index in [-0.39, 0.29) is 0 Å². The third-order valence-corrected chi connectivity index (χ3v) is 4.52. The Morgan fingerprint density at radius 2 is 2.11 bits per heavy atom. The molecule has 0 saturated heterocycles. The highest BCUT2D eigenvalue weighted by Crippen LogP contribution is 2.20. The number of hydrogen-bond acceptors (Lipinski definition) is 2. The van der Waals surface area contributed by atoms with Crippen molar-refractivity contribution in [2.45, 2.75) is 39.7 Å². The van der Waals surface area contributed by atoms with Gasteiger partial charge in [0.1, 0.15) is 0 Å². The first-order valence-corrected chi connectivity index (χ1v) is 8.26. The van der Waals surface area contributed by atoms with Gasteiger partial charge in [-0.2, -0.15) is 11.8 Å². The van der Waals surface area contributed by atoms with Gasteiger partial charge in [-0.15, -0.1) is 0 Å². The molecule has 0 aliphatic carbocycles. The van der Waals surface area contributed by atoms with E-state index < -0.39 is 0 Å². The second kappa shape index (κ2) is 8.84. The Kier molecular flexibility index (Phi) is 7.80. The lowest BCUT2D eigenvalue weighted by Gasteiger charge is -2.18. The molecule has 0 radical (unpaired) electrons. The van der Waals surface area contributed by atoms with Crippen molar-refractivity contribution >= 4 is 23.4 Å². The minimum Gasteiger partial charge on any atom is -0.313 e. The summed E-state index contributed by atoms with van der Waals surface area (Å²) < 4.78 is 0. The van der Waals surface area contributed by atoms with Crippen LogP contribution in [0.5, 0.6) is 0 Å². The molecule has 1 aromatic carbocycles. The fourth-order valence-corrected chi connectivity index (χ4v) is 3.22. The summed E-state index contributed by atoms with van der Waals surface area (Å²) in [6.07, 6.45) is 2.26. The smallest absolute Gasteiger partial charge is 0.0441 e. The number of hydrogen-bond donors (Lipinski definition) is 1. The largest absolute Gasteiger partial charge is 0.313 e. The van der Waals surface area contributed by atoms with Gasteiger partial charge in [0.15, 0.2) is 0 Å². The number of halogens is 1. The highest BCUT2D eigenvalue weighted by atomic mass is 35.5. The normalized spacial score (nSPS) is 12.7. The predicted octanol–water partition coefficient (Wildman–Crippen LogP) is 4.31. The number of rotatable bonds is 8. The van der Waals surface area contributed by atoms with Crippen molar-refractivity contribution < 1.29 is 0 Å². The van der Waals surface area contributed by atoms with Crippen LogP contribution in [0.2, 0.25) is 5.02 Å². The second-order valence-electron chi connectivity index (χ2n) is 4.63. The number of benzene rings is 1.